The van der Waals surface area contributed by atoms with E-state index in [1.165, 1.54) is 0 Å². The summed E-state index contributed by atoms with van der Waals surface area (Å²) in [7, 11) is 0. The van der Waals surface area contributed by atoms with Crippen molar-refractivity contribution in [3.05, 3.63) is 24.2 Å². The molecule has 13 heavy (non-hydrogen) atoms. The van der Waals surface area contributed by atoms with E-state index in [2.05, 4.69) is 24.9 Å². The second-order valence-electron chi connectivity index (χ2n) is 2.28. The first kappa shape index (κ1) is 7.81. The molecule has 0 atom stereocenters. The molecule has 2 heterocycles. The van der Waals surface area contributed by atoms with Crippen LogP contribution in [-0.4, -0.2) is 25.4 Å². The summed E-state index contributed by atoms with van der Waals surface area (Å²) in [4.78, 5) is 3.87. The zero-order valence-corrected chi connectivity index (χ0v) is 6.58. The van der Waals surface area contributed by atoms with Gasteiger partial charge in [-0.3, -0.25) is 0 Å². The molecule has 0 aliphatic heterocycles. The fourth-order valence-electron chi connectivity index (χ4n) is 0.844. The fourth-order valence-corrected chi connectivity index (χ4v) is 0.844. The molecule has 0 amide bonds. The number of nitrogens with zero attached hydrogens (tertiary/aromatic N) is 4. The molecule has 6 nitrogen and oxygen atoms in total. The zero-order valence-electron chi connectivity index (χ0n) is 6.58. The van der Waals surface area contributed by atoms with Crippen molar-refractivity contribution in [2.45, 2.75) is 6.61 Å². The third-order valence-electron chi connectivity index (χ3n) is 1.40. The van der Waals surface area contributed by atoms with Crippen LogP contribution in [0.5, 0.6) is 0 Å². The second kappa shape index (κ2) is 3.28. The van der Waals surface area contributed by atoms with E-state index in [0.29, 0.717) is 11.5 Å². The minimum Gasteiger partial charge on any atom is -0.387 e. The number of hydrogen-bond acceptors (Lipinski definition) is 6. The Bertz CT molecular complexity index is 386. The van der Waals surface area contributed by atoms with Crippen LogP contribution < -0.4 is 0 Å². The molecule has 0 spiro atoms. The highest BCUT2D eigenvalue weighted by Crippen LogP contribution is 2.10. The van der Waals surface area contributed by atoms with Gasteiger partial charge in [-0.05, 0) is 12.1 Å². The number of hydrogen-bond donors (Lipinski definition) is 1. The molecular weight excluding hydrogens is 172 g/mol. The van der Waals surface area contributed by atoms with Gasteiger partial charge >= 0.3 is 0 Å². The Morgan fingerprint density at radius 3 is 3.00 bits per heavy atom. The van der Waals surface area contributed by atoms with Gasteiger partial charge < -0.3 is 9.63 Å². The molecule has 2 aromatic rings. The quantitative estimate of drug-likeness (QED) is 0.697. The lowest BCUT2D eigenvalue weighted by molar-refractivity contribution is 0.222. The molecule has 0 aromatic carbocycles. The third kappa shape index (κ3) is 1.52. The maximum Gasteiger partial charge on any atom is 0.252 e. The predicted octanol–water partition coefficient (Wildman–Crippen LogP) is 0.0189. The molecule has 6 heteroatoms. The molecule has 0 aliphatic rings. The third-order valence-corrected chi connectivity index (χ3v) is 1.40. The van der Waals surface area contributed by atoms with Crippen LogP contribution >= 0.6 is 0 Å². The lowest BCUT2D eigenvalue weighted by Crippen LogP contribution is -1.88. The summed E-state index contributed by atoms with van der Waals surface area (Å²) in [6, 6.07) is 3.43. The van der Waals surface area contributed by atoms with Crippen molar-refractivity contribution < 1.29 is 9.63 Å². The largest absolute Gasteiger partial charge is 0.387 e. The monoisotopic (exact) mass is 178 g/mol. The lowest BCUT2D eigenvalue weighted by Gasteiger charge is -1.87. The van der Waals surface area contributed by atoms with Crippen LogP contribution in [0.3, 0.4) is 0 Å². The molecule has 0 unspecified atom stereocenters. The number of rotatable bonds is 2. The van der Waals surface area contributed by atoms with Crippen LogP contribution in [0.2, 0.25) is 0 Å². The molecule has 0 aliphatic carbocycles. The maximum atomic E-state index is 8.67. The van der Waals surface area contributed by atoms with E-state index in [1.807, 2.05) is 0 Å². The maximum absolute atomic E-state index is 8.67. The van der Waals surface area contributed by atoms with E-state index < -0.39 is 0 Å². The first-order chi connectivity index (χ1) is 6.40. The molecular formula is C7H6N4O2. The predicted molar refractivity (Wildman–Crippen MR) is 41.2 cm³/mol. The zero-order chi connectivity index (χ0) is 9.10. The summed E-state index contributed by atoms with van der Waals surface area (Å²) in [6.45, 7) is -0.271. The topological polar surface area (TPSA) is 84.9 Å². The standard InChI is InChI=1S/C7H6N4O2/c12-4-6-9-7(11-13-6)5-2-1-3-8-10-5/h1-3,12H,4H2. The van der Waals surface area contributed by atoms with E-state index >= 15 is 0 Å². The summed E-state index contributed by atoms with van der Waals surface area (Å²) >= 11 is 0. The number of aliphatic hydroxyl groups is 1. The van der Waals surface area contributed by atoms with Gasteiger partial charge in [-0.15, -0.1) is 5.10 Å². The Hall–Kier alpha value is -1.82. The van der Waals surface area contributed by atoms with Gasteiger partial charge in [-0.2, -0.15) is 10.1 Å². The second-order valence-corrected chi connectivity index (χ2v) is 2.28. The Kier molecular flexibility index (Phi) is 1.97. The van der Waals surface area contributed by atoms with Gasteiger partial charge in [0.05, 0.1) is 0 Å². The van der Waals surface area contributed by atoms with Crippen LogP contribution in [0, 0.1) is 0 Å². The van der Waals surface area contributed by atoms with Gasteiger partial charge in [-0.1, -0.05) is 5.16 Å². The van der Waals surface area contributed by atoms with E-state index in [1.54, 1.807) is 18.3 Å². The molecule has 1 N–H and O–H groups in total. The van der Waals surface area contributed by atoms with Crippen molar-refractivity contribution in [1.29, 1.82) is 0 Å². The van der Waals surface area contributed by atoms with Crippen molar-refractivity contribution in [1.82, 2.24) is 20.3 Å². The smallest absolute Gasteiger partial charge is 0.252 e. The minimum atomic E-state index is -0.271. The van der Waals surface area contributed by atoms with E-state index in [4.69, 9.17) is 5.11 Å². The Morgan fingerprint density at radius 1 is 1.46 bits per heavy atom. The summed E-state index contributed by atoms with van der Waals surface area (Å²) in [6.07, 6.45) is 1.55. The minimum absolute atomic E-state index is 0.167. The average molecular weight is 178 g/mol. The highest BCUT2D eigenvalue weighted by atomic mass is 16.5. The van der Waals surface area contributed by atoms with Crippen LogP contribution in [0.1, 0.15) is 5.89 Å². The molecule has 0 fully saturated rings. The van der Waals surface area contributed by atoms with E-state index in [-0.39, 0.29) is 12.5 Å². The van der Waals surface area contributed by atoms with Crippen LogP contribution in [0.25, 0.3) is 11.5 Å². The van der Waals surface area contributed by atoms with Crippen molar-refractivity contribution in [3.63, 3.8) is 0 Å². The number of aliphatic hydroxyl groups excluding tert-OH is 1. The first-order valence-corrected chi connectivity index (χ1v) is 3.61. The van der Waals surface area contributed by atoms with Crippen molar-refractivity contribution in [3.8, 4) is 11.5 Å². The Balaban J connectivity index is 2.36. The SMILES string of the molecule is OCc1nc(-c2cccnn2)no1. The number of aromatic nitrogens is 4. The van der Waals surface area contributed by atoms with E-state index in [0.717, 1.165) is 0 Å². The van der Waals surface area contributed by atoms with E-state index in [9.17, 15) is 0 Å². The van der Waals surface area contributed by atoms with Gasteiger partial charge in [0.15, 0.2) is 0 Å². The molecule has 0 saturated carbocycles. The average Bonchev–Trinajstić information content (AvgIpc) is 2.67. The summed E-state index contributed by atoms with van der Waals surface area (Å²) < 4.78 is 4.69. The summed E-state index contributed by atoms with van der Waals surface area (Å²) in [5, 5.41) is 19.7. The van der Waals surface area contributed by atoms with Crippen molar-refractivity contribution in [2.75, 3.05) is 0 Å². The molecule has 0 saturated heterocycles. The molecule has 0 radical (unpaired) electrons. The molecule has 2 aromatic heterocycles. The van der Waals surface area contributed by atoms with Crippen LogP contribution in [-0.2, 0) is 6.61 Å². The molecule has 0 bridgehead atoms. The highest BCUT2D eigenvalue weighted by Gasteiger charge is 2.07. The van der Waals surface area contributed by atoms with Crippen LogP contribution in [0.4, 0.5) is 0 Å². The lowest BCUT2D eigenvalue weighted by atomic mass is 10.4. The normalized spacial score (nSPS) is 10.2. The van der Waals surface area contributed by atoms with Crippen molar-refractivity contribution in [2.24, 2.45) is 0 Å². The van der Waals surface area contributed by atoms with Gasteiger partial charge in [0, 0.05) is 6.20 Å². The van der Waals surface area contributed by atoms with Crippen LogP contribution in [0.15, 0.2) is 22.9 Å². The van der Waals surface area contributed by atoms with Gasteiger partial charge in [-0.25, -0.2) is 0 Å². The Morgan fingerprint density at radius 2 is 2.38 bits per heavy atom. The molecule has 66 valence electrons. The Labute approximate surface area is 73.2 Å². The highest BCUT2D eigenvalue weighted by molar-refractivity contribution is 5.46. The van der Waals surface area contributed by atoms with Gasteiger partial charge in [0.2, 0.25) is 5.82 Å². The summed E-state index contributed by atoms with van der Waals surface area (Å²) in [5.74, 6) is 0.498. The first-order valence-electron chi connectivity index (χ1n) is 3.61. The van der Waals surface area contributed by atoms with Gasteiger partial charge in [0.25, 0.3) is 5.89 Å². The van der Waals surface area contributed by atoms with Gasteiger partial charge in [0.1, 0.15) is 12.3 Å². The summed E-state index contributed by atoms with van der Waals surface area (Å²) in [5.41, 5.74) is 0.519. The molecule has 2 rings (SSSR count). The fraction of sp³-hybridized carbons (Fsp3) is 0.143. The van der Waals surface area contributed by atoms with Crippen molar-refractivity contribution >= 4 is 0 Å².